The molecule has 0 atom stereocenters. The highest BCUT2D eigenvalue weighted by Gasteiger charge is 2.18. The number of aromatic nitrogens is 1. The van der Waals surface area contributed by atoms with Crippen LogP contribution in [-0.2, 0) is 13.1 Å². The molecule has 0 saturated heterocycles. The molecule has 1 aromatic heterocycles. The van der Waals surface area contributed by atoms with Crippen LogP contribution in [0.4, 0.5) is 0 Å². The summed E-state index contributed by atoms with van der Waals surface area (Å²) in [6.45, 7) is 5.09. The molecule has 3 rings (SSSR count). The minimum absolute atomic E-state index is 0. The molecule has 0 aliphatic carbocycles. The summed E-state index contributed by atoms with van der Waals surface area (Å²) in [7, 11) is 0. The molecule has 4 N–H and O–H groups in total. The van der Waals surface area contributed by atoms with Gasteiger partial charge in [0.25, 0.3) is 5.56 Å². The zero-order valence-corrected chi connectivity index (χ0v) is 17.1. The quantitative estimate of drug-likeness (QED) is 0.637. The minimum Gasteiger partial charge on any atom is -0.389 e. The Morgan fingerprint density at radius 1 is 1.11 bits per heavy atom. The highest BCUT2D eigenvalue weighted by atomic mass is 35.5. The van der Waals surface area contributed by atoms with E-state index in [9.17, 15) is 4.79 Å². The summed E-state index contributed by atoms with van der Waals surface area (Å²) in [5.41, 5.74) is 15.5. The highest BCUT2D eigenvalue weighted by Crippen LogP contribution is 2.31. The second kappa shape index (κ2) is 8.65. The van der Waals surface area contributed by atoms with Crippen LogP contribution in [0.15, 0.2) is 53.3 Å². The number of hydrogen-bond acceptors (Lipinski definition) is 3. The van der Waals surface area contributed by atoms with Gasteiger partial charge in [0.05, 0.1) is 0 Å². The molecule has 0 amide bonds. The van der Waals surface area contributed by atoms with Gasteiger partial charge in [-0.15, -0.1) is 12.4 Å². The van der Waals surface area contributed by atoms with Crippen LogP contribution in [0.3, 0.4) is 0 Å². The van der Waals surface area contributed by atoms with Crippen molar-refractivity contribution < 1.29 is 0 Å². The predicted molar refractivity (Wildman–Crippen MR) is 120 cm³/mol. The Hall–Kier alpha value is -2.21. The molecule has 0 radical (unpaired) electrons. The van der Waals surface area contributed by atoms with E-state index in [0.717, 1.165) is 27.8 Å². The smallest absolute Gasteiger partial charge is 0.258 e. The molecule has 0 aliphatic rings. The molecule has 0 fully saturated rings. The van der Waals surface area contributed by atoms with E-state index in [1.54, 1.807) is 0 Å². The summed E-state index contributed by atoms with van der Waals surface area (Å²) in [6, 6.07) is 15.5. The van der Waals surface area contributed by atoms with E-state index < -0.39 is 0 Å². The van der Waals surface area contributed by atoms with Crippen molar-refractivity contribution in [2.24, 2.45) is 17.4 Å². The fourth-order valence-corrected chi connectivity index (χ4v) is 3.47. The molecular formula is C21H24ClN3OS. The van der Waals surface area contributed by atoms with Gasteiger partial charge in [0, 0.05) is 35.3 Å². The van der Waals surface area contributed by atoms with Gasteiger partial charge in [-0.25, -0.2) is 0 Å². The van der Waals surface area contributed by atoms with Crippen LogP contribution in [0.1, 0.15) is 25.1 Å². The lowest BCUT2D eigenvalue weighted by molar-refractivity contribution is 0.499. The number of pyridine rings is 1. The summed E-state index contributed by atoms with van der Waals surface area (Å²) in [6.07, 6.45) is 0. The van der Waals surface area contributed by atoms with Crippen LogP contribution in [-0.4, -0.2) is 9.56 Å². The van der Waals surface area contributed by atoms with E-state index in [2.05, 4.69) is 13.8 Å². The van der Waals surface area contributed by atoms with Crippen LogP contribution < -0.4 is 17.0 Å². The summed E-state index contributed by atoms with van der Waals surface area (Å²) in [5, 5.41) is 1.49. The van der Waals surface area contributed by atoms with Crippen LogP contribution >= 0.6 is 24.6 Å². The number of benzene rings is 2. The Morgan fingerprint density at radius 2 is 1.78 bits per heavy atom. The van der Waals surface area contributed by atoms with Crippen LogP contribution in [0.5, 0.6) is 0 Å². The number of nitrogens with zero attached hydrogens (tertiary/aromatic N) is 1. The van der Waals surface area contributed by atoms with E-state index in [4.69, 9.17) is 23.7 Å². The molecule has 0 aliphatic heterocycles. The molecule has 2 aromatic carbocycles. The summed E-state index contributed by atoms with van der Waals surface area (Å²) in [5.74, 6) is 0.329. The van der Waals surface area contributed by atoms with Crippen molar-refractivity contribution in [3.05, 3.63) is 70.1 Å². The van der Waals surface area contributed by atoms with E-state index >= 15 is 0 Å². The van der Waals surface area contributed by atoms with Gasteiger partial charge in [0.1, 0.15) is 4.99 Å². The van der Waals surface area contributed by atoms with Gasteiger partial charge < -0.3 is 16.0 Å². The van der Waals surface area contributed by atoms with Crippen molar-refractivity contribution in [2.75, 3.05) is 0 Å². The Kier molecular flexibility index (Phi) is 6.76. The van der Waals surface area contributed by atoms with Gasteiger partial charge in [-0.1, -0.05) is 62.5 Å². The van der Waals surface area contributed by atoms with Crippen LogP contribution in [0.2, 0.25) is 0 Å². The van der Waals surface area contributed by atoms with Crippen molar-refractivity contribution in [1.82, 2.24) is 4.57 Å². The predicted octanol–water partition coefficient (Wildman–Crippen LogP) is 3.84. The fraction of sp³-hybridized carbons (Fsp3) is 0.238. The molecule has 4 nitrogen and oxygen atoms in total. The average Bonchev–Trinajstić information content (AvgIpc) is 2.63. The standard InChI is InChI=1S/C21H23N3OS.ClH/c1-13(2)12-24-18(11-22)19(14-6-4-3-5-7-14)17-10-15(20(23)26)8-9-16(17)21(24)25;/h3-10,13H,11-12,22H2,1-2H3,(H2,23,26);1H. The number of halogens is 1. The third kappa shape index (κ3) is 4.05. The molecule has 0 unspecified atom stereocenters. The maximum atomic E-state index is 13.2. The first-order chi connectivity index (χ1) is 12.4. The lowest BCUT2D eigenvalue weighted by Gasteiger charge is -2.21. The van der Waals surface area contributed by atoms with Gasteiger partial charge in [0.15, 0.2) is 0 Å². The van der Waals surface area contributed by atoms with Gasteiger partial charge in [-0.2, -0.15) is 0 Å². The first kappa shape index (κ1) is 21.1. The lowest BCUT2D eigenvalue weighted by Crippen LogP contribution is -2.28. The largest absolute Gasteiger partial charge is 0.389 e. The second-order valence-corrected chi connectivity index (χ2v) is 7.27. The number of hydrogen-bond donors (Lipinski definition) is 2. The maximum absolute atomic E-state index is 13.2. The number of fused-ring (bicyclic) bond motifs is 1. The van der Waals surface area contributed by atoms with E-state index in [0.29, 0.717) is 22.8 Å². The molecular weight excluding hydrogens is 378 g/mol. The van der Waals surface area contributed by atoms with Crippen molar-refractivity contribution in [3.8, 4) is 11.1 Å². The highest BCUT2D eigenvalue weighted by molar-refractivity contribution is 7.80. The number of rotatable bonds is 5. The first-order valence-electron chi connectivity index (χ1n) is 8.68. The molecule has 0 saturated carbocycles. The van der Waals surface area contributed by atoms with Crippen LogP contribution in [0, 0.1) is 5.92 Å². The zero-order valence-electron chi connectivity index (χ0n) is 15.4. The Morgan fingerprint density at radius 3 is 2.33 bits per heavy atom. The van der Waals surface area contributed by atoms with Crippen LogP contribution in [0.25, 0.3) is 21.9 Å². The average molecular weight is 402 g/mol. The molecule has 0 spiro atoms. The van der Waals surface area contributed by atoms with E-state index in [1.165, 1.54) is 0 Å². The van der Waals surface area contributed by atoms with E-state index in [1.807, 2.05) is 53.1 Å². The molecule has 3 aromatic rings. The van der Waals surface area contributed by atoms with Gasteiger partial charge in [-0.05, 0) is 29.0 Å². The lowest BCUT2D eigenvalue weighted by atomic mass is 9.95. The third-order valence-electron chi connectivity index (χ3n) is 4.47. The monoisotopic (exact) mass is 401 g/mol. The van der Waals surface area contributed by atoms with E-state index in [-0.39, 0.29) is 24.5 Å². The van der Waals surface area contributed by atoms with Crippen molar-refractivity contribution >= 4 is 40.4 Å². The first-order valence-corrected chi connectivity index (χ1v) is 9.09. The third-order valence-corrected chi connectivity index (χ3v) is 4.70. The Balaban J connectivity index is 0.00000261. The zero-order chi connectivity index (χ0) is 18.8. The molecule has 142 valence electrons. The van der Waals surface area contributed by atoms with Gasteiger partial charge in [0.2, 0.25) is 0 Å². The molecule has 6 heteroatoms. The van der Waals surface area contributed by atoms with Crippen molar-refractivity contribution in [1.29, 1.82) is 0 Å². The van der Waals surface area contributed by atoms with Crippen molar-refractivity contribution in [2.45, 2.75) is 26.9 Å². The van der Waals surface area contributed by atoms with Gasteiger partial charge >= 0.3 is 0 Å². The summed E-state index contributed by atoms with van der Waals surface area (Å²) < 4.78 is 1.82. The number of nitrogens with two attached hydrogens (primary N) is 2. The Bertz CT molecular complexity index is 1030. The fourth-order valence-electron chi connectivity index (χ4n) is 3.35. The topological polar surface area (TPSA) is 74.0 Å². The summed E-state index contributed by atoms with van der Waals surface area (Å²) in [4.78, 5) is 13.5. The second-order valence-electron chi connectivity index (χ2n) is 6.83. The maximum Gasteiger partial charge on any atom is 0.258 e. The molecule has 0 bridgehead atoms. The molecule has 1 heterocycles. The minimum atomic E-state index is -0.0247. The normalized spacial score (nSPS) is 10.8. The molecule has 27 heavy (non-hydrogen) atoms. The summed E-state index contributed by atoms with van der Waals surface area (Å²) >= 11 is 5.13. The van der Waals surface area contributed by atoms with Crippen molar-refractivity contribution in [3.63, 3.8) is 0 Å². The Labute approximate surface area is 170 Å². The number of thiocarbonyl (C=S) groups is 1. The van der Waals surface area contributed by atoms with Gasteiger partial charge in [-0.3, -0.25) is 4.79 Å². The SMILES string of the molecule is CC(C)Cn1c(CN)c(-c2ccccc2)c2cc(C(N)=S)ccc2c1=O.Cl.